The van der Waals surface area contributed by atoms with E-state index in [1.165, 1.54) is 10.8 Å². The molecule has 4 rings (SSSR count). The van der Waals surface area contributed by atoms with Gasteiger partial charge in [-0.05, 0) is 30.7 Å². The summed E-state index contributed by atoms with van der Waals surface area (Å²) in [4.78, 5) is 17.7. The number of hydrogen-bond acceptors (Lipinski definition) is 5. The van der Waals surface area contributed by atoms with Crippen LogP contribution >= 0.6 is 11.6 Å². The fourth-order valence-electron chi connectivity index (χ4n) is 3.26. The van der Waals surface area contributed by atoms with Crippen molar-refractivity contribution in [1.82, 2.24) is 14.8 Å². The lowest BCUT2D eigenvalue weighted by atomic mass is 10.1. The van der Waals surface area contributed by atoms with Gasteiger partial charge in [-0.15, -0.1) is 5.10 Å². The normalized spacial score (nSPS) is 11.0. The highest BCUT2D eigenvalue weighted by Gasteiger charge is 2.16. The fraction of sp³-hybridized carbons (Fsp3) is 0.115. The van der Waals surface area contributed by atoms with Gasteiger partial charge in [-0.1, -0.05) is 77.8 Å². The summed E-state index contributed by atoms with van der Waals surface area (Å²) in [5.41, 5.74) is 3.63. The first-order valence-electron chi connectivity index (χ1n) is 10.4. The number of carbonyl (C=O) groups excluding carboxylic acids is 1. The molecule has 0 aliphatic heterocycles. The monoisotopic (exact) mass is 458 g/mol. The zero-order valence-electron chi connectivity index (χ0n) is 18.3. The van der Waals surface area contributed by atoms with Gasteiger partial charge in [-0.25, -0.2) is 0 Å². The Bertz CT molecular complexity index is 1300. The van der Waals surface area contributed by atoms with E-state index in [9.17, 15) is 4.79 Å². The molecule has 6 nitrogen and oxygen atoms in total. The summed E-state index contributed by atoms with van der Waals surface area (Å²) < 4.78 is 6.62. The Kier molecular flexibility index (Phi) is 6.86. The lowest BCUT2D eigenvalue weighted by Crippen LogP contribution is -2.14. The largest absolute Gasteiger partial charge is 0.496 e. The molecule has 3 aromatic carbocycles. The number of aryl methyl sites for hydroxylation is 1. The minimum absolute atomic E-state index is 0.333. The Morgan fingerprint density at radius 1 is 1.06 bits per heavy atom. The SMILES string of the molecule is COc1ccccc1C=CC(=O)n1nc(-c2ccc(C)cc2)nc1NCc1ccccc1Cl. The number of hydrogen-bond donors (Lipinski definition) is 1. The van der Waals surface area contributed by atoms with Crippen LogP contribution in [0.3, 0.4) is 0 Å². The van der Waals surface area contributed by atoms with Crippen LogP contribution in [0.15, 0.2) is 78.9 Å². The van der Waals surface area contributed by atoms with Crippen molar-refractivity contribution in [2.75, 3.05) is 12.4 Å². The van der Waals surface area contributed by atoms with Crippen molar-refractivity contribution >= 4 is 29.5 Å². The maximum absolute atomic E-state index is 13.1. The third-order valence-electron chi connectivity index (χ3n) is 5.06. The van der Waals surface area contributed by atoms with Gasteiger partial charge in [0.05, 0.1) is 7.11 Å². The summed E-state index contributed by atoms with van der Waals surface area (Å²) in [6.07, 6.45) is 3.15. The maximum Gasteiger partial charge on any atom is 0.274 e. The third-order valence-corrected chi connectivity index (χ3v) is 5.43. The van der Waals surface area contributed by atoms with Crippen molar-refractivity contribution in [3.8, 4) is 17.1 Å². The maximum atomic E-state index is 13.1. The van der Waals surface area contributed by atoms with Crippen LogP contribution in [0.5, 0.6) is 5.75 Å². The predicted octanol–water partition coefficient (Wildman–Crippen LogP) is 5.88. The van der Waals surface area contributed by atoms with Crippen LogP contribution < -0.4 is 10.1 Å². The molecule has 0 aliphatic rings. The Labute approximate surface area is 197 Å². The van der Waals surface area contributed by atoms with Crippen LogP contribution in [0.2, 0.25) is 5.02 Å². The molecule has 0 radical (unpaired) electrons. The van der Waals surface area contributed by atoms with Gasteiger partial charge < -0.3 is 10.1 Å². The second kappa shape index (κ2) is 10.1. The van der Waals surface area contributed by atoms with Gasteiger partial charge in [0.1, 0.15) is 5.75 Å². The van der Waals surface area contributed by atoms with Crippen LogP contribution in [-0.2, 0) is 6.54 Å². The number of allylic oxidation sites excluding steroid dienone is 1. The zero-order chi connectivity index (χ0) is 23.2. The van der Waals surface area contributed by atoms with Gasteiger partial charge in [0, 0.05) is 28.8 Å². The number of rotatable bonds is 7. The highest BCUT2D eigenvalue weighted by atomic mass is 35.5. The first-order chi connectivity index (χ1) is 16.0. The average Bonchev–Trinajstić information content (AvgIpc) is 3.27. The summed E-state index contributed by atoms with van der Waals surface area (Å²) in [5, 5.41) is 8.31. The predicted molar refractivity (Wildman–Crippen MR) is 132 cm³/mol. The van der Waals surface area contributed by atoms with E-state index in [0.717, 1.165) is 22.3 Å². The molecule has 4 aromatic rings. The van der Waals surface area contributed by atoms with Crippen LogP contribution in [0, 0.1) is 6.92 Å². The second-order valence-corrected chi connectivity index (χ2v) is 7.80. The van der Waals surface area contributed by atoms with Gasteiger partial charge in [0.25, 0.3) is 5.91 Å². The molecule has 0 atom stereocenters. The molecular formula is C26H23ClN4O2. The summed E-state index contributed by atoms with van der Waals surface area (Å²) in [6, 6.07) is 22.8. The molecule has 7 heteroatoms. The highest BCUT2D eigenvalue weighted by Crippen LogP contribution is 2.22. The van der Waals surface area contributed by atoms with Crippen molar-refractivity contribution in [3.05, 3.63) is 101 Å². The smallest absolute Gasteiger partial charge is 0.274 e. The van der Waals surface area contributed by atoms with E-state index in [2.05, 4.69) is 15.4 Å². The number of nitrogens with zero attached hydrogens (tertiary/aromatic N) is 3. The first-order valence-corrected chi connectivity index (χ1v) is 10.8. The lowest BCUT2D eigenvalue weighted by molar-refractivity contribution is 0.0957. The van der Waals surface area contributed by atoms with E-state index in [0.29, 0.717) is 29.1 Å². The topological polar surface area (TPSA) is 69.0 Å². The minimum atomic E-state index is -0.339. The average molecular weight is 459 g/mol. The quantitative estimate of drug-likeness (QED) is 0.350. The number of benzene rings is 3. The number of methoxy groups -OCH3 is 1. The molecule has 0 aliphatic carbocycles. The van der Waals surface area contributed by atoms with Crippen molar-refractivity contribution < 1.29 is 9.53 Å². The molecule has 1 N–H and O–H groups in total. The van der Waals surface area contributed by atoms with Gasteiger partial charge in [-0.2, -0.15) is 9.67 Å². The van der Waals surface area contributed by atoms with Crippen molar-refractivity contribution in [2.45, 2.75) is 13.5 Å². The van der Waals surface area contributed by atoms with E-state index in [-0.39, 0.29) is 5.91 Å². The van der Waals surface area contributed by atoms with Crippen molar-refractivity contribution in [1.29, 1.82) is 0 Å². The zero-order valence-corrected chi connectivity index (χ0v) is 19.1. The molecule has 166 valence electrons. The Balaban J connectivity index is 1.65. The lowest BCUT2D eigenvalue weighted by Gasteiger charge is -2.07. The molecule has 0 unspecified atom stereocenters. The summed E-state index contributed by atoms with van der Waals surface area (Å²) >= 11 is 6.28. The minimum Gasteiger partial charge on any atom is -0.496 e. The number of halogens is 1. The number of nitrogens with one attached hydrogen (secondary N) is 1. The first kappa shape index (κ1) is 22.3. The van der Waals surface area contributed by atoms with E-state index >= 15 is 0 Å². The molecule has 0 amide bonds. The molecule has 1 aromatic heterocycles. The summed E-state index contributed by atoms with van der Waals surface area (Å²) in [5.74, 6) is 1.13. The number of anilines is 1. The highest BCUT2D eigenvalue weighted by molar-refractivity contribution is 6.31. The van der Waals surface area contributed by atoms with Crippen molar-refractivity contribution in [2.24, 2.45) is 0 Å². The molecule has 0 spiro atoms. The Hall–Kier alpha value is -3.90. The van der Waals surface area contributed by atoms with Gasteiger partial charge in [0.2, 0.25) is 5.95 Å². The third kappa shape index (κ3) is 5.30. The molecule has 0 saturated carbocycles. The Morgan fingerprint density at radius 2 is 1.79 bits per heavy atom. The molecule has 0 fully saturated rings. The van der Waals surface area contributed by atoms with Gasteiger partial charge in [-0.3, -0.25) is 4.79 Å². The Morgan fingerprint density at radius 3 is 2.55 bits per heavy atom. The van der Waals surface area contributed by atoms with E-state index in [4.69, 9.17) is 16.3 Å². The standard InChI is InChI=1S/C26H23ClN4O2/c1-18-11-13-20(14-12-18)25-29-26(28-17-21-8-3-5-9-22(21)27)31(30-25)24(32)16-15-19-7-4-6-10-23(19)33-2/h3-16H,17H2,1-2H3,(H,28,29,30). The van der Waals surface area contributed by atoms with E-state index in [1.54, 1.807) is 13.2 Å². The fourth-order valence-corrected chi connectivity index (χ4v) is 3.46. The number of aromatic nitrogens is 3. The molecule has 33 heavy (non-hydrogen) atoms. The molecular weight excluding hydrogens is 436 g/mol. The van der Waals surface area contributed by atoms with Crippen LogP contribution in [-0.4, -0.2) is 27.8 Å². The van der Waals surface area contributed by atoms with E-state index in [1.807, 2.05) is 79.7 Å². The van der Waals surface area contributed by atoms with E-state index < -0.39 is 0 Å². The summed E-state index contributed by atoms with van der Waals surface area (Å²) in [7, 11) is 1.59. The number of para-hydroxylation sites is 1. The van der Waals surface area contributed by atoms with Crippen LogP contribution in [0.25, 0.3) is 17.5 Å². The number of carbonyl (C=O) groups is 1. The molecule has 1 heterocycles. The van der Waals surface area contributed by atoms with Crippen molar-refractivity contribution in [3.63, 3.8) is 0 Å². The molecule has 0 saturated heterocycles. The summed E-state index contributed by atoms with van der Waals surface area (Å²) in [6.45, 7) is 2.41. The van der Waals surface area contributed by atoms with Crippen LogP contribution in [0.4, 0.5) is 5.95 Å². The number of ether oxygens (including phenoxy) is 1. The van der Waals surface area contributed by atoms with Crippen LogP contribution in [0.1, 0.15) is 21.5 Å². The second-order valence-electron chi connectivity index (χ2n) is 7.40. The van der Waals surface area contributed by atoms with Gasteiger partial charge >= 0.3 is 0 Å². The van der Waals surface area contributed by atoms with Gasteiger partial charge in [0.15, 0.2) is 5.82 Å². The molecule has 0 bridgehead atoms.